The van der Waals surface area contributed by atoms with Gasteiger partial charge in [-0.25, -0.2) is 0 Å². The lowest BCUT2D eigenvalue weighted by atomic mass is 9.92. The highest BCUT2D eigenvalue weighted by molar-refractivity contribution is 5.85. The van der Waals surface area contributed by atoms with Crippen molar-refractivity contribution in [2.45, 2.75) is 33.1 Å². The number of pyridine rings is 1. The summed E-state index contributed by atoms with van der Waals surface area (Å²) in [4.78, 5) is 4.65. The van der Waals surface area contributed by atoms with Gasteiger partial charge in [-0.1, -0.05) is 31.2 Å². The van der Waals surface area contributed by atoms with E-state index in [1.807, 2.05) is 6.08 Å². The molecule has 2 rings (SSSR count). The standard InChI is InChI=1S/C16H19N/c1-5-13(6-2)15-10-12(4)17-16-11(3)8-7-9-14(15)16/h5,7-10,13H,1,6H2,2-4H3. The first kappa shape index (κ1) is 11.8. The van der Waals surface area contributed by atoms with E-state index in [1.54, 1.807) is 0 Å². The molecule has 1 atom stereocenters. The fourth-order valence-corrected chi connectivity index (χ4v) is 2.37. The highest BCUT2D eigenvalue weighted by atomic mass is 14.7. The van der Waals surface area contributed by atoms with E-state index < -0.39 is 0 Å². The van der Waals surface area contributed by atoms with Crippen LogP contribution in [0, 0.1) is 13.8 Å². The van der Waals surface area contributed by atoms with Gasteiger partial charge in [-0.15, -0.1) is 6.58 Å². The van der Waals surface area contributed by atoms with Crippen molar-refractivity contribution in [3.05, 3.63) is 53.7 Å². The van der Waals surface area contributed by atoms with Crippen LogP contribution in [-0.4, -0.2) is 4.98 Å². The molecule has 1 aromatic heterocycles. The van der Waals surface area contributed by atoms with Crippen LogP contribution in [0.4, 0.5) is 0 Å². The van der Waals surface area contributed by atoms with Gasteiger partial charge in [-0.3, -0.25) is 4.98 Å². The smallest absolute Gasteiger partial charge is 0.0737 e. The molecule has 88 valence electrons. The van der Waals surface area contributed by atoms with Gasteiger partial charge in [-0.05, 0) is 37.5 Å². The van der Waals surface area contributed by atoms with Gasteiger partial charge >= 0.3 is 0 Å². The average molecular weight is 225 g/mol. The number of para-hydroxylation sites is 1. The van der Waals surface area contributed by atoms with Crippen molar-refractivity contribution >= 4 is 10.9 Å². The summed E-state index contributed by atoms with van der Waals surface area (Å²) in [7, 11) is 0. The molecule has 0 N–H and O–H groups in total. The lowest BCUT2D eigenvalue weighted by molar-refractivity contribution is 0.811. The fraction of sp³-hybridized carbons (Fsp3) is 0.312. The third kappa shape index (κ3) is 2.10. The molecule has 0 aliphatic rings. The summed E-state index contributed by atoms with van der Waals surface area (Å²) in [6.07, 6.45) is 3.12. The Morgan fingerprint density at radius 2 is 2.12 bits per heavy atom. The van der Waals surface area contributed by atoms with Gasteiger partial charge in [-0.2, -0.15) is 0 Å². The van der Waals surface area contributed by atoms with Gasteiger partial charge in [0.25, 0.3) is 0 Å². The van der Waals surface area contributed by atoms with E-state index in [4.69, 9.17) is 0 Å². The molecule has 1 nitrogen and oxygen atoms in total. The maximum atomic E-state index is 4.65. The van der Waals surface area contributed by atoms with Gasteiger partial charge in [0.15, 0.2) is 0 Å². The van der Waals surface area contributed by atoms with Crippen LogP contribution in [0.1, 0.15) is 36.1 Å². The number of hydrogen-bond donors (Lipinski definition) is 0. The van der Waals surface area contributed by atoms with Gasteiger partial charge in [0.1, 0.15) is 0 Å². The lowest BCUT2D eigenvalue weighted by Crippen LogP contribution is -1.98. The van der Waals surface area contributed by atoms with E-state index in [0.717, 1.165) is 17.6 Å². The molecule has 0 amide bonds. The van der Waals surface area contributed by atoms with Crippen molar-refractivity contribution in [3.8, 4) is 0 Å². The van der Waals surface area contributed by atoms with Gasteiger partial charge in [0.2, 0.25) is 0 Å². The molecule has 1 aromatic carbocycles. The van der Waals surface area contributed by atoms with E-state index in [9.17, 15) is 0 Å². The molecule has 0 fully saturated rings. The molecule has 0 saturated heterocycles. The first-order valence-corrected chi connectivity index (χ1v) is 6.16. The van der Waals surface area contributed by atoms with Crippen molar-refractivity contribution in [2.24, 2.45) is 0 Å². The van der Waals surface area contributed by atoms with E-state index in [1.165, 1.54) is 16.5 Å². The van der Waals surface area contributed by atoms with Crippen molar-refractivity contribution in [1.82, 2.24) is 4.98 Å². The summed E-state index contributed by atoms with van der Waals surface area (Å²) in [5.74, 6) is 0.418. The van der Waals surface area contributed by atoms with Crippen molar-refractivity contribution in [3.63, 3.8) is 0 Å². The summed E-state index contributed by atoms with van der Waals surface area (Å²) in [6, 6.07) is 8.58. The average Bonchev–Trinajstić information content (AvgIpc) is 2.32. The van der Waals surface area contributed by atoms with Crippen LogP contribution in [0.15, 0.2) is 36.9 Å². The summed E-state index contributed by atoms with van der Waals surface area (Å²) < 4.78 is 0. The third-order valence-corrected chi connectivity index (χ3v) is 3.33. The lowest BCUT2D eigenvalue weighted by Gasteiger charge is -2.15. The Labute approximate surface area is 103 Å². The molecule has 0 saturated carbocycles. The third-order valence-electron chi connectivity index (χ3n) is 3.33. The van der Waals surface area contributed by atoms with Gasteiger partial charge in [0, 0.05) is 17.0 Å². The normalized spacial score (nSPS) is 12.6. The van der Waals surface area contributed by atoms with Crippen molar-refractivity contribution in [1.29, 1.82) is 0 Å². The molecule has 0 spiro atoms. The minimum Gasteiger partial charge on any atom is -0.253 e. The van der Waals surface area contributed by atoms with Gasteiger partial charge < -0.3 is 0 Å². The molecule has 2 aromatic rings. The van der Waals surface area contributed by atoms with Gasteiger partial charge in [0.05, 0.1) is 5.52 Å². The molecular formula is C16H19N. The number of fused-ring (bicyclic) bond motifs is 1. The highest BCUT2D eigenvalue weighted by Gasteiger charge is 2.11. The molecule has 0 aliphatic heterocycles. The molecule has 1 heterocycles. The fourth-order valence-electron chi connectivity index (χ4n) is 2.37. The predicted octanol–water partition coefficient (Wildman–Crippen LogP) is 4.53. The quantitative estimate of drug-likeness (QED) is 0.699. The molecular weight excluding hydrogens is 206 g/mol. The Balaban J connectivity index is 2.78. The number of aryl methyl sites for hydroxylation is 2. The van der Waals surface area contributed by atoms with E-state index in [-0.39, 0.29) is 0 Å². The maximum Gasteiger partial charge on any atom is 0.0737 e. The zero-order valence-electron chi connectivity index (χ0n) is 10.8. The minimum atomic E-state index is 0.418. The molecule has 1 unspecified atom stereocenters. The van der Waals surface area contributed by atoms with Crippen LogP contribution < -0.4 is 0 Å². The molecule has 17 heavy (non-hydrogen) atoms. The summed E-state index contributed by atoms with van der Waals surface area (Å²) in [6.45, 7) is 10.3. The number of aromatic nitrogens is 1. The second-order valence-electron chi connectivity index (χ2n) is 4.57. The Morgan fingerprint density at radius 1 is 1.35 bits per heavy atom. The van der Waals surface area contributed by atoms with E-state index >= 15 is 0 Å². The second kappa shape index (κ2) is 4.70. The van der Waals surface area contributed by atoms with Crippen LogP contribution in [0.25, 0.3) is 10.9 Å². The first-order chi connectivity index (χ1) is 8.17. The predicted molar refractivity (Wildman–Crippen MR) is 74.4 cm³/mol. The summed E-state index contributed by atoms with van der Waals surface area (Å²) in [5.41, 5.74) is 4.81. The molecule has 0 aliphatic carbocycles. The number of allylic oxidation sites excluding steroid dienone is 1. The van der Waals surface area contributed by atoms with Crippen LogP contribution >= 0.6 is 0 Å². The van der Waals surface area contributed by atoms with Crippen molar-refractivity contribution in [2.75, 3.05) is 0 Å². The van der Waals surface area contributed by atoms with Crippen molar-refractivity contribution < 1.29 is 0 Å². The number of rotatable bonds is 3. The Kier molecular flexibility index (Phi) is 3.28. The first-order valence-electron chi connectivity index (χ1n) is 6.16. The Morgan fingerprint density at radius 3 is 2.76 bits per heavy atom. The monoisotopic (exact) mass is 225 g/mol. The topological polar surface area (TPSA) is 12.9 Å². The van der Waals surface area contributed by atoms with Crippen LogP contribution in [-0.2, 0) is 0 Å². The zero-order valence-corrected chi connectivity index (χ0v) is 10.8. The minimum absolute atomic E-state index is 0.418. The zero-order chi connectivity index (χ0) is 12.4. The number of benzene rings is 1. The van der Waals surface area contributed by atoms with Crippen LogP contribution in [0.5, 0.6) is 0 Å². The number of nitrogens with zero attached hydrogens (tertiary/aromatic N) is 1. The highest BCUT2D eigenvalue weighted by Crippen LogP contribution is 2.29. The van der Waals surface area contributed by atoms with E-state index in [2.05, 4.69) is 56.6 Å². The molecule has 0 bridgehead atoms. The molecule has 1 heteroatoms. The van der Waals surface area contributed by atoms with E-state index in [0.29, 0.717) is 5.92 Å². The van der Waals surface area contributed by atoms with Crippen LogP contribution in [0.3, 0.4) is 0 Å². The SMILES string of the molecule is C=CC(CC)c1cc(C)nc2c(C)cccc12. The largest absolute Gasteiger partial charge is 0.253 e. The number of hydrogen-bond acceptors (Lipinski definition) is 1. The summed E-state index contributed by atoms with van der Waals surface area (Å²) >= 11 is 0. The second-order valence-corrected chi connectivity index (χ2v) is 4.57. The van der Waals surface area contributed by atoms with Crippen LogP contribution in [0.2, 0.25) is 0 Å². The summed E-state index contributed by atoms with van der Waals surface area (Å²) in [5, 5.41) is 1.27. The maximum absolute atomic E-state index is 4.65. The Bertz CT molecular complexity index is 555. The molecule has 0 radical (unpaired) electrons. The Hall–Kier alpha value is -1.63.